The van der Waals surface area contributed by atoms with Crippen molar-refractivity contribution in [1.29, 1.82) is 5.41 Å². The lowest BCUT2D eigenvalue weighted by Crippen LogP contribution is -2.29. The zero-order valence-corrected chi connectivity index (χ0v) is 13.8. The van der Waals surface area contributed by atoms with Crippen LogP contribution in [0.15, 0.2) is 30.5 Å². The standard InChI is InChI=1S/C18H19N5O/c1-11(19)23-5-6-24-17-4-3-13(7-15(17)10-23)14-8-16-18(20-9-14)22-12(2)21-16/h3-4,7-9,19H,5-6,10H2,1-2H3,(H,20,21,22). The first-order valence-corrected chi connectivity index (χ1v) is 7.99. The number of aromatic amines is 1. The number of hydrogen-bond donors (Lipinski definition) is 2. The molecule has 2 N–H and O–H groups in total. The van der Waals surface area contributed by atoms with Gasteiger partial charge in [-0.15, -0.1) is 0 Å². The molecule has 1 aromatic carbocycles. The van der Waals surface area contributed by atoms with Crippen molar-refractivity contribution >= 4 is 17.0 Å². The summed E-state index contributed by atoms with van der Waals surface area (Å²) in [5.41, 5.74) is 4.89. The Hall–Kier alpha value is -2.89. The van der Waals surface area contributed by atoms with Crippen molar-refractivity contribution in [3.05, 3.63) is 41.9 Å². The van der Waals surface area contributed by atoms with E-state index in [0.717, 1.165) is 46.0 Å². The summed E-state index contributed by atoms with van der Waals surface area (Å²) in [6.45, 7) is 5.77. The summed E-state index contributed by atoms with van der Waals surface area (Å²) < 4.78 is 5.82. The minimum Gasteiger partial charge on any atom is -0.491 e. The molecule has 0 bridgehead atoms. The van der Waals surface area contributed by atoms with Crippen LogP contribution in [-0.4, -0.2) is 38.8 Å². The Labute approximate surface area is 140 Å². The predicted octanol–water partition coefficient (Wildman–Crippen LogP) is 3.12. The molecule has 1 aliphatic rings. The van der Waals surface area contributed by atoms with E-state index in [2.05, 4.69) is 33.2 Å². The number of H-pyrrole nitrogens is 1. The summed E-state index contributed by atoms with van der Waals surface area (Å²) in [5, 5.41) is 7.89. The second kappa shape index (κ2) is 5.63. The van der Waals surface area contributed by atoms with Crippen LogP contribution >= 0.6 is 0 Å². The van der Waals surface area contributed by atoms with Crippen LogP contribution in [0.5, 0.6) is 5.75 Å². The number of hydrogen-bond acceptors (Lipinski definition) is 4. The molecule has 0 aliphatic carbocycles. The van der Waals surface area contributed by atoms with Crippen LogP contribution in [-0.2, 0) is 6.54 Å². The van der Waals surface area contributed by atoms with E-state index < -0.39 is 0 Å². The first-order valence-electron chi connectivity index (χ1n) is 7.99. The molecule has 24 heavy (non-hydrogen) atoms. The van der Waals surface area contributed by atoms with Crippen LogP contribution in [0.2, 0.25) is 0 Å². The third-order valence-corrected chi connectivity index (χ3v) is 4.30. The number of aromatic nitrogens is 3. The Morgan fingerprint density at radius 2 is 2.17 bits per heavy atom. The number of ether oxygens (including phenoxy) is 1. The van der Waals surface area contributed by atoms with Gasteiger partial charge in [-0.25, -0.2) is 9.97 Å². The van der Waals surface area contributed by atoms with Crippen molar-refractivity contribution in [3.8, 4) is 16.9 Å². The minimum absolute atomic E-state index is 0.563. The van der Waals surface area contributed by atoms with E-state index in [-0.39, 0.29) is 0 Å². The minimum atomic E-state index is 0.563. The molecule has 0 amide bonds. The number of nitrogens with zero attached hydrogens (tertiary/aromatic N) is 3. The van der Waals surface area contributed by atoms with E-state index in [1.807, 2.05) is 31.0 Å². The molecule has 1 aliphatic heterocycles. The molecule has 0 saturated carbocycles. The van der Waals surface area contributed by atoms with E-state index in [4.69, 9.17) is 10.1 Å². The van der Waals surface area contributed by atoms with Crippen molar-refractivity contribution in [2.24, 2.45) is 0 Å². The Morgan fingerprint density at radius 1 is 1.29 bits per heavy atom. The number of fused-ring (bicyclic) bond motifs is 2. The molecule has 6 heteroatoms. The molecule has 0 radical (unpaired) electrons. The zero-order valence-electron chi connectivity index (χ0n) is 13.8. The van der Waals surface area contributed by atoms with Crippen LogP contribution in [0.25, 0.3) is 22.3 Å². The first kappa shape index (κ1) is 14.7. The number of imidazole rings is 1. The van der Waals surface area contributed by atoms with Gasteiger partial charge in [-0.2, -0.15) is 0 Å². The third-order valence-electron chi connectivity index (χ3n) is 4.30. The monoisotopic (exact) mass is 321 g/mol. The average molecular weight is 321 g/mol. The molecule has 3 aromatic rings. The lowest BCUT2D eigenvalue weighted by Gasteiger charge is -2.20. The van der Waals surface area contributed by atoms with Crippen molar-refractivity contribution < 1.29 is 4.74 Å². The van der Waals surface area contributed by atoms with E-state index in [9.17, 15) is 0 Å². The summed E-state index contributed by atoms with van der Waals surface area (Å²) in [6, 6.07) is 8.26. The summed E-state index contributed by atoms with van der Waals surface area (Å²) in [4.78, 5) is 14.0. The number of nitrogens with one attached hydrogen (secondary N) is 2. The fourth-order valence-corrected chi connectivity index (χ4v) is 3.04. The Morgan fingerprint density at radius 3 is 3.00 bits per heavy atom. The van der Waals surface area contributed by atoms with Crippen LogP contribution in [0, 0.1) is 12.3 Å². The summed E-state index contributed by atoms with van der Waals surface area (Å²) in [7, 11) is 0. The predicted molar refractivity (Wildman–Crippen MR) is 93.4 cm³/mol. The number of aryl methyl sites for hydroxylation is 1. The lowest BCUT2D eigenvalue weighted by atomic mass is 10.0. The highest BCUT2D eigenvalue weighted by molar-refractivity contribution is 5.79. The van der Waals surface area contributed by atoms with Gasteiger partial charge in [-0.3, -0.25) is 5.41 Å². The van der Waals surface area contributed by atoms with Gasteiger partial charge in [0.05, 0.1) is 17.9 Å². The molecule has 0 atom stereocenters. The summed E-state index contributed by atoms with van der Waals surface area (Å²) in [5.74, 6) is 2.32. The number of pyridine rings is 1. The van der Waals surface area contributed by atoms with E-state index >= 15 is 0 Å². The van der Waals surface area contributed by atoms with Crippen LogP contribution < -0.4 is 4.74 Å². The van der Waals surface area contributed by atoms with Gasteiger partial charge in [-0.05, 0) is 37.6 Å². The molecular weight excluding hydrogens is 302 g/mol. The Kier molecular flexibility index (Phi) is 3.45. The van der Waals surface area contributed by atoms with Crippen molar-refractivity contribution in [1.82, 2.24) is 19.9 Å². The van der Waals surface area contributed by atoms with E-state index in [1.54, 1.807) is 0 Å². The quantitative estimate of drug-likeness (QED) is 0.533. The summed E-state index contributed by atoms with van der Waals surface area (Å²) in [6.07, 6.45) is 1.85. The first-order chi connectivity index (χ1) is 11.6. The van der Waals surface area contributed by atoms with Gasteiger partial charge in [0.15, 0.2) is 5.65 Å². The van der Waals surface area contributed by atoms with Crippen LogP contribution in [0.3, 0.4) is 0 Å². The van der Waals surface area contributed by atoms with Gasteiger partial charge in [0.25, 0.3) is 0 Å². The second-order valence-corrected chi connectivity index (χ2v) is 6.10. The normalized spacial score (nSPS) is 14.2. The maximum absolute atomic E-state index is 7.89. The van der Waals surface area contributed by atoms with Crippen LogP contribution in [0.4, 0.5) is 0 Å². The van der Waals surface area contributed by atoms with E-state index in [0.29, 0.717) is 19.0 Å². The number of benzene rings is 1. The van der Waals surface area contributed by atoms with Gasteiger partial charge in [0.1, 0.15) is 18.2 Å². The fraction of sp³-hybridized carbons (Fsp3) is 0.278. The van der Waals surface area contributed by atoms with Crippen molar-refractivity contribution in [3.63, 3.8) is 0 Å². The van der Waals surface area contributed by atoms with Crippen molar-refractivity contribution in [2.75, 3.05) is 13.2 Å². The molecule has 3 heterocycles. The number of amidine groups is 1. The van der Waals surface area contributed by atoms with Gasteiger partial charge >= 0.3 is 0 Å². The van der Waals surface area contributed by atoms with Gasteiger partial charge in [-0.1, -0.05) is 6.07 Å². The maximum Gasteiger partial charge on any atom is 0.177 e. The molecule has 0 unspecified atom stereocenters. The molecule has 0 fully saturated rings. The smallest absolute Gasteiger partial charge is 0.177 e. The lowest BCUT2D eigenvalue weighted by molar-refractivity contribution is 0.288. The largest absolute Gasteiger partial charge is 0.491 e. The van der Waals surface area contributed by atoms with Gasteiger partial charge < -0.3 is 14.6 Å². The molecule has 0 spiro atoms. The third kappa shape index (κ3) is 2.60. The van der Waals surface area contributed by atoms with Crippen LogP contribution in [0.1, 0.15) is 18.3 Å². The SMILES string of the molecule is CC(=N)N1CCOc2ccc(-c3cnc4nc(C)[nH]c4c3)cc2C1. The summed E-state index contributed by atoms with van der Waals surface area (Å²) >= 11 is 0. The molecule has 0 saturated heterocycles. The Bertz CT molecular complexity index is 930. The average Bonchev–Trinajstić information content (AvgIpc) is 2.80. The van der Waals surface area contributed by atoms with Crippen molar-refractivity contribution in [2.45, 2.75) is 20.4 Å². The highest BCUT2D eigenvalue weighted by Gasteiger charge is 2.16. The molecule has 122 valence electrons. The Balaban J connectivity index is 1.74. The number of rotatable bonds is 1. The highest BCUT2D eigenvalue weighted by Crippen LogP contribution is 2.30. The molecule has 4 rings (SSSR count). The zero-order chi connectivity index (χ0) is 16.7. The maximum atomic E-state index is 7.89. The molecule has 2 aromatic heterocycles. The second-order valence-electron chi connectivity index (χ2n) is 6.10. The van der Waals surface area contributed by atoms with E-state index in [1.165, 1.54) is 0 Å². The van der Waals surface area contributed by atoms with Gasteiger partial charge in [0.2, 0.25) is 0 Å². The molecular formula is C18H19N5O. The highest BCUT2D eigenvalue weighted by atomic mass is 16.5. The topological polar surface area (TPSA) is 77.9 Å². The fourth-order valence-electron chi connectivity index (χ4n) is 3.04. The van der Waals surface area contributed by atoms with Gasteiger partial charge in [0, 0.05) is 23.9 Å². The molecule has 6 nitrogen and oxygen atoms in total.